The fourth-order valence-corrected chi connectivity index (χ4v) is 3.00. The lowest BCUT2D eigenvalue weighted by Crippen LogP contribution is -2.50. The molecule has 2 N–H and O–H groups in total. The molecule has 1 amide bonds. The molecule has 1 saturated heterocycles. The van der Waals surface area contributed by atoms with Gasteiger partial charge in [0, 0.05) is 12.1 Å². The lowest BCUT2D eigenvalue weighted by Gasteiger charge is -2.30. The van der Waals surface area contributed by atoms with Gasteiger partial charge in [-0.3, -0.25) is 9.89 Å². The number of nitrogens with one attached hydrogen (secondary N) is 1. The summed E-state index contributed by atoms with van der Waals surface area (Å²) in [6.07, 6.45) is 1.13. The minimum Gasteiger partial charge on any atom is -0.497 e. The Morgan fingerprint density at radius 3 is 2.67 bits per heavy atom. The second-order valence-corrected chi connectivity index (χ2v) is 6.03. The number of nitrogens with zero attached hydrogens (tertiary/aromatic N) is 2. The number of carboxylic acid groups (broad SMARTS) is 1. The molecule has 2 aromatic rings. The molecule has 126 valence electrons. The molecule has 1 fully saturated rings. The summed E-state index contributed by atoms with van der Waals surface area (Å²) < 4.78 is 5.12. The van der Waals surface area contributed by atoms with Gasteiger partial charge in [-0.1, -0.05) is 0 Å². The number of likely N-dealkylation sites (tertiary alicyclic amines) is 1. The molecule has 1 aliphatic heterocycles. The van der Waals surface area contributed by atoms with Crippen molar-refractivity contribution in [1.82, 2.24) is 15.1 Å². The number of H-pyrrole nitrogens is 1. The molecule has 7 heteroatoms. The average molecular weight is 329 g/mol. The number of aromatic amines is 1. The minimum absolute atomic E-state index is 0.287. The molecular formula is C17H19N3O4. The molecule has 0 saturated carbocycles. The Labute approximate surface area is 139 Å². The first-order valence-electron chi connectivity index (χ1n) is 7.71. The third kappa shape index (κ3) is 2.62. The Morgan fingerprint density at radius 1 is 1.33 bits per heavy atom. The monoisotopic (exact) mass is 329 g/mol. The second-order valence-electron chi connectivity index (χ2n) is 6.03. The summed E-state index contributed by atoms with van der Waals surface area (Å²) in [4.78, 5) is 25.6. The van der Waals surface area contributed by atoms with E-state index >= 15 is 0 Å². The van der Waals surface area contributed by atoms with E-state index in [1.807, 2.05) is 24.3 Å². The number of benzene rings is 1. The maximum Gasteiger partial charge on any atom is 0.329 e. The summed E-state index contributed by atoms with van der Waals surface area (Å²) in [5.41, 5.74) is 0.587. The van der Waals surface area contributed by atoms with Crippen LogP contribution in [0.1, 0.15) is 30.3 Å². The standard InChI is InChI=1S/C17H19N3O4/c1-17(16(22)23)8-3-9-20(17)15(21)14-10-13(18-19-14)11-4-6-12(24-2)7-5-11/h4-7,10H,3,8-9H2,1-2H3,(H,18,19)(H,22,23). The summed E-state index contributed by atoms with van der Waals surface area (Å²) in [7, 11) is 1.59. The summed E-state index contributed by atoms with van der Waals surface area (Å²) >= 11 is 0. The highest BCUT2D eigenvalue weighted by Crippen LogP contribution is 2.31. The molecule has 0 aliphatic carbocycles. The number of aliphatic carboxylic acids is 1. The van der Waals surface area contributed by atoms with Crippen LogP contribution in [0.25, 0.3) is 11.3 Å². The molecule has 1 aromatic heterocycles. The van der Waals surface area contributed by atoms with Gasteiger partial charge in [0.25, 0.3) is 5.91 Å². The topological polar surface area (TPSA) is 95.5 Å². The van der Waals surface area contributed by atoms with E-state index in [1.54, 1.807) is 20.1 Å². The largest absolute Gasteiger partial charge is 0.497 e. The quantitative estimate of drug-likeness (QED) is 0.896. The number of carboxylic acids is 1. The van der Waals surface area contributed by atoms with Crippen molar-refractivity contribution in [2.24, 2.45) is 0 Å². The van der Waals surface area contributed by atoms with Crippen molar-refractivity contribution in [2.45, 2.75) is 25.3 Å². The van der Waals surface area contributed by atoms with E-state index in [0.29, 0.717) is 25.1 Å². The highest BCUT2D eigenvalue weighted by molar-refractivity contribution is 5.97. The first-order chi connectivity index (χ1) is 11.5. The molecule has 2 heterocycles. The molecule has 0 spiro atoms. The van der Waals surface area contributed by atoms with Crippen molar-refractivity contribution < 1.29 is 19.4 Å². The SMILES string of the molecule is COc1ccc(-c2cc(C(=O)N3CCCC3(C)C(=O)O)[nH]n2)cc1. The number of hydrogen-bond donors (Lipinski definition) is 2. The van der Waals surface area contributed by atoms with Crippen LogP contribution >= 0.6 is 0 Å². The first-order valence-corrected chi connectivity index (χ1v) is 7.71. The number of carbonyl (C=O) groups excluding carboxylic acids is 1. The summed E-state index contributed by atoms with van der Waals surface area (Å²) in [6, 6.07) is 8.96. The molecule has 24 heavy (non-hydrogen) atoms. The number of aromatic nitrogens is 2. The number of amides is 1. The molecule has 1 atom stereocenters. The Hall–Kier alpha value is -2.83. The van der Waals surface area contributed by atoms with Gasteiger partial charge >= 0.3 is 5.97 Å². The number of hydrogen-bond acceptors (Lipinski definition) is 4. The predicted octanol–water partition coefficient (Wildman–Crippen LogP) is 2.16. The molecule has 1 unspecified atom stereocenters. The van der Waals surface area contributed by atoms with Crippen LogP contribution in [0.3, 0.4) is 0 Å². The molecule has 0 bridgehead atoms. The van der Waals surface area contributed by atoms with Gasteiger partial charge in [-0.05, 0) is 50.1 Å². The van der Waals surface area contributed by atoms with Crippen molar-refractivity contribution in [2.75, 3.05) is 13.7 Å². The number of carbonyl (C=O) groups is 2. The fourth-order valence-electron chi connectivity index (χ4n) is 3.00. The van der Waals surface area contributed by atoms with E-state index < -0.39 is 11.5 Å². The van der Waals surface area contributed by atoms with Crippen molar-refractivity contribution in [3.05, 3.63) is 36.0 Å². The van der Waals surface area contributed by atoms with Gasteiger partial charge in [0.2, 0.25) is 0 Å². The third-order valence-electron chi connectivity index (χ3n) is 4.54. The van der Waals surface area contributed by atoms with Crippen molar-refractivity contribution in [3.8, 4) is 17.0 Å². The lowest BCUT2D eigenvalue weighted by atomic mass is 9.99. The van der Waals surface area contributed by atoms with Crippen molar-refractivity contribution in [3.63, 3.8) is 0 Å². The van der Waals surface area contributed by atoms with Crippen molar-refractivity contribution in [1.29, 1.82) is 0 Å². The highest BCUT2D eigenvalue weighted by atomic mass is 16.5. The van der Waals surface area contributed by atoms with E-state index in [9.17, 15) is 14.7 Å². The van der Waals surface area contributed by atoms with Crippen LogP contribution in [0.15, 0.2) is 30.3 Å². The number of ether oxygens (including phenoxy) is 1. The van der Waals surface area contributed by atoms with Crippen molar-refractivity contribution >= 4 is 11.9 Å². The van der Waals surface area contributed by atoms with E-state index in [2.05, 4.69) is 10.2 Å². The Bertz CT molecular complexity index is 768. The van der Waals surface area contributed by atoms with Crippen LogP contribution in [0.4, 0.5) is 0 Å². The average Bonchev–Trinajstić information content (AvgIpc) is 3.22. The zero-order chi connectivity index (χ0) is 17.3. The van der Waals surface area contributed by atoms with Crippen LogP contribution in [0.5, 0.6) is 5.75 Å². The smallest absolute Gasteiger partial charge is 0.329 e. The summed E-state index contributed by atoms with van der Waals surface area (Å²) in [6.45, 7) is 2.01. The van der Waals surface area contributed by atoms with Gasteiger partial charge < -0.3 is 14.7 Å². The van der Waals surface area contributed by atoms with Gasteiger partial charge in [0.15, 0.2) is 0 Å². The van der Waals surface area contributed by atoms with Crippen LogP contribution in [-0.4, -0.2) is 51.3 Å². The second kappa shape index (κ2) is 5.99. The van der Waals surface area contributed by atoms with Crippen LogP contribution in [-0.2, 0) is 4.79 Å². The van der Waals surface area contributed by atoms with Gasteiger partial charge in [-0.2, -0.15) is 5.10 Å². The Kier molecular flexibility index (Phi) is 4.01. The van der Waals surface area contributed by atoms with Crippen LogP contribution < -0.4 is 4.74 Å². The van der Waals surface area contributed by atoms with Gasteiger partial charge in [0.05, 0.1) is 12.8 Å². The third-order valence-corrected chi connectivity index (χ3v) is 4.54. The number of rotatable bonds is 4. The van der Waals surface area contributed by atoms with Crippen LogP contribution in [0, 0.1) is 0 Å². The maximum atomic E-state index is 12.7. The van der Waals surface area contributed by atoms with E-state index in [-0.39, 0.29) is 11.6 Å². The fraction of sp³-hybridized carbons (Fsp3) is 0.353. The summed E-state index contributed by atoms with van der Waals surface area (Å²) in [5, 5.41) is 16.3. The van der Waals surface area contributed by atoms with Crippen LogP contribution in [0.2, 0.25) is 0 Å². The number of methoxy groups -OCH3 is 1. The molecule has 0 radical (unpaired) electrons. The van der Waals surface area contributed by atoms with Gasteiger partial charge in [-0.15, -0.1) is 0 Å². The zero-order valence-electron chi connectivity index (χ0n) is 13.6. The molecular weight excluding hydrogens is 310 g/mol. The Morgan fingerprint density at radius 2 is 2.04 bits per heavy atom. The van der Waals surface area contributed by atoms with E-state index in [0.717, 1.165) is 11.3 Å². The molecule has 7 nitrogen and oxygen atoms in total. The minimum atomic E-state index is -1.16. The van der Waals surface area contributed by atoms with E-state index in [4.69, 9.17) is 4.74 Å². The lowest BCUT2D eigenvalue weighted by molar-refractivity contribution is -0.147. The maximum absolute atomic E-state index is 12.7. The normalized spacial score (nSPS) is 20.2. The highest BCUT2D eigenvalue weighted by Gasteiger charge is 2.46. The zero-order valence-corrected chi connectivity index (χ0v) is 13.6. The first kappa shape index (κ1) is 16.0. The molecule has 1 aliphatic rings. The molecule has 1 aromatic carbocycles. The predicted molar refractivity (Wildman–Crippen MR) is 86.9 cm³/mol. The van der Waals surface area contributed by atoms with Gasteiger partial charge in [-0.25, -0.2) is 4.79 Å². The van der Waals surface area contributed by atoms with E-state index in [1.165, 1.54) is 4.90 Å². The van der Waals surface area contributed by atoms with Gasteiger partial charge in [0.1, 0.15) is 17.0 Å². The Balaban J connectivity index is 1.84. The molecule has 3 rings (SSSR count). The summed E-state index contributed by atoms with van der Waals surface area (Å²) in [5.74, 6) is -0.590.